The predicted molar refractivity (Wildman–Crippen MR) is 129 cm³/mol. The molecule has 2 atom stereocenters. The summed E-state index contributed by atoms with van der Waals surface area (Å²) in [4.78, 5) is 53.6. The topological polar surface area (TPSA) is 138 Å². The highest BCUT2D eigenvalue weighted by Gasteiger charge is 2.23. The maximum absolute atomic E-state index is 12.9. The van der Waals surface area contributed by atoms with Crippen molar-refractivity contribution >= 4 is 17.8 Å². The number of aromatic amines is 1. The van der Waals surface area contributed by atoms with Crippen LogP contribution in [0.2, 0.25) is 0 Å². The van der Waals surface area contributed by atoms with Gasteiger partial charge in [0.15, 0.2) is 0 Å². The minimum atomic E-state index is -1.38. The molecule has 0 aliphatic rings. The van der Waals surface area contributed by atoms with Crippen molar-refractivity contribution in [2.45, 2.75) is 32.7 Å². The SMILES string of the molecule is CCOC(=O)[C@H](C)C[C@H](Cc1ccc(-c2ccccc2)cc1)NC(=O)c1cc(C(=O)O)[nH]c(=O)n1. The van der Waals surface area contributed by atoms with Gasteiger partial charge < -0.3 is 15.2 Å². The Balaban J connectivity index is 1.81. The molecular weight excluding hydrogens is 450 g/mol. The van der Waals surface area contributed by atoms with Crippen LogP contribution in [0, 0.1) is 5.92 Å². The van der Waals surface area contributed by atoms with Crippen LogP contribution in [0.1, 0.15) is 46.8 Å². The van der Waals surface area contributed by atoms with Gasteiger partial charge in [-0.25, -0.2) is 9.59 Å². The van der Waals surface area contributed by atoms with Crippen molar-refractivity contribution in [3.05, 3.63) is 88.1 Å². The van der Waals surface area contributed by atoms with E-state index in [4.69, 9.17) is 9.84 Å². The molecule has 3 aromatic rings. The first-order chi connectivity index (χ1) is 16.8. The van der Waals surface area contributed by atoms with Crippen molar-refractivity contribution in [1.82, 2.24) is 15.3 Å². The van der Waals surface area contributed by atoms with Crippen molar-refractivity contribution in [2.24, 2.45) is 5.92 Å². The fraction of sp³-hybridized carbons (Fsp3) is 0.269. The van der Waals surface area contributed by atoms with Gasteiger partial charge in [0, 0.05) is 12.1 Å². The van der Waals surface area contributed by atoms with Gasteiger partial charge in [-0.05, 0) is 36.5 Å². The second-order valence-electron chi connectivity index (χ2n) is 8.12. The average molecular weight is 478 g/mol. The Morgan fingerprint density at radius 2 is 1.71 bits per heavy atom. The molecule has 0 saturated heterocycles. The predicted octanol–water partition coefficient (Wildman–Crippen LogP) is 3.07. The highest BCUT2D eigenvalue weighted by atomic mass is 16.5. The molecule has 0 fully saturated rings. The molecule has 0 bridgehead atoms. The summed E-state index contributed by atoms with van der Waals surface area (Å²) in [6.45, 7) is 3.68. The van der Waals surface area contributed by atoms with Gasteiger partial charge in [0.2, 0.25) is 0 Å². The summed E-state index contributed by atoms with van der Waals surface area (Å²) in [5.74, 6) is -2.97. The Kier molecular flexibility index (Phi) is 8.50. The van der Waals surface area contributed by atoms with E-state index in [1.165, 1.54) is 0 Å². The number of hydrogen-bond acceptors (Lipinski definition) is 6. The molecule has 0 aliphatic carbocycles. The number of carboxylic acids is 1. The molecule has 2 aromatic carbocycles. The number of amides is 1. The number of carbonyl (C=O) groups is 3. The largest absolute Gasteiger partial charge is 0.477 e. The number of benzene rings is 2. The molecule has 9 nitrogen and oxygen atoms in total. The molecule has 35 heavy (non-hydrogen) atoms. The first-order valence-electron chi connectivity index (χ1n) is 11.2. The number of nitrogens with zero attached hydrogens (tertiary/aromatic N) is 1. The van der Waals surface area contributed by atoms with E-state index in [9.17, 15) is 19.2 Å². The fourth-order valence-electron chi connectivity index (χ4n) is 3.70. The summed E-state index contributed by atoms with van der Waals surface area (Å²) in [7, 11) is 0. The normalized spacial score (nSPS) is 12.4. The lowest BCUT2D eigenvalue weighted by Crippen LogP contribution is -2.40. The van der Waals surface area contributed by atoms with Crippen LogP contribution in [0.4, 0.5) is 0 Å². The molecule has 3 N–H and O–H groups in total. The number of H-pyrrole nitrogens is 1. The van der Waals surface area contributed by atoms with Crippen LogP contribution in [0.5, 0.6) is 0 Å². The fourth-order valence-corrected chi connectivity index (χ4v) is 3.70. The molecule has 182 valence electrons. The standard InChI is InChI=1S/C26H27N3O6/c1-3-35-25(33)16(2)13-20(27-23(30)21-15-22(24(31)32)29-26(34)28-21)14-17-9-11-19(12-10-17)18-7-5-4-6-8-18/h4-12,15-16,20H,3,13-14H2,1-2H3,(H,27,30)(H,31,32)(H,28,29,34)/t16-,20-/m1/s1. The number of aromatic carboxylic acids is 1. The second kappa shape index (κ2) is 11.7. The van der Waals surface area contributed by atoms with Crippen molar-refractivity contribution in [1.29, 1.82) is 0 Å². The zero-order chi connectivity index (χ0) is 25.4. The molecule has 0 spiro atoms. The maximum Gasteiger partial charge on any atom is 0.352 e. The highest BCUT2D eigenvalue weighted by Crippen LogP contribution is 2.21. The Labute approximate surface area is 202 Å². The lowest BCUT2D eigenvalue weighted by atomic mass is 9.94. The summed E-state index contributed by atoms with van der Waals surface area (Å²) in [6.07, 6.45) is 0.680. The minimum Gasteiger partial charge on any atom is -0.477 e. The Morgan fingerprint density at radius 1 is 1.06 bits per heavy atom. The molecule has 0 aliphatic heterocycles. The van der Waals surface area contributed by atoms with E-state index in [1.54, 1.807) is 13.8 Å². The van der Waals surface area contributed by atoms with Crippen LogP contribution < -0.4 is 11.0 Å². The number of nitrogens with one attached hydrogen (secondary N) is 2. The Bertz CT molecular complexity index is 1240. The van der Waals surface area contributed by atoms with Gasteiger partial charge in [-0.1, -0.05) is 61.5 Å². The van der Waals surface area contributed by atoms with Gasteiger partial charge in [-0.15, -0.1) is 0 Å². The third kappa shape index (κ3) is 7.10. The molecule has 3 rings (SSSR count). The van der Waals surface area contributed by atoms with E-state index in [2.05, 4.69) is 15.3 Å². The lowest BCUT2D eigenvalue weighted by Gasteiger charge is -2.22. The van der Waals surface area contributed by atoms with Gasteiger partial charge in [0.25, 0.3) is 5.91 Å². The zero-order valence-corrected chi connectivity index (χ0v) is 19.5. The van der Waals surface area contributed by atoms with E-state index >= 15 is 0 Å². The number of ether oxygens (including phenoxy) is 1. The molecule has 1 heterocycles. The lowest BCUT2D eigenvalue weighted by molar-refractivity contribution is -0.147. The highest BCUT2D eigenvalue weighted by molar-refractivity contribution is 5.95. The van der Waals surface area contributed by atoms with E-state index in [0.717, 1.165) is 22.8 Å². The zero-order valence-electron chi connectivity index (χ0n) is 19.5. The van der Waals surface area contributed by atoms with E-state index in [-0.39, 0.29) is 24.7 Å². The van der Waals surface area contributed by atoms with Gasteiger partial charge in [-0.2, -0.15) is 4.98 Å². The molecule has 0 saturated carbocycles. The first-order valence-corrected chi connectivity index (χ1v) is 11.2. The number of rotatable bonds is 10. The average Bonchev–Trinajstić information content (AvgIpc) is 2.84. The quantitative estimate of drug-likeness (QED) is 0.382. The van der Waals surface area contributed by atoms with Crippen molar-refractivity contribution in [3.8, 4) is 11.1 Å². The summed E-state index contributed by atoms with van der Waals surface area (Å²) in [5.41, 5.74) is 1.35. The monoisotopic (exact) mass is 477 g/mol. The third-order valence-corrected chi connectivity index (χ3v) is 5.41. The van der Waals surface area contributed by atoms with Gasteiger partial charge in [0.1, 0.15) is 11.4 Å². The number of hydrogen-bond donors (Lipinski definition) is 3. The summed E-state index contributed by atoms with van der Waals surface area (Å²) < 4.78 is 5.09. The van der Waals surface area contributed by atoms with Gasteiger partial charge in [-0.3, -0.25) is 14.6 Å². The number of carbonyl (C=O) groups excluding carboxylic acids is 2. The summed E-state index contributed by atoms with van der Waals surface area (Å²) >= 11 is 0. The van der Waals surface area contributed by atoms with Gasteiger partial charge >= 0.3 is 17.6 Å². The van der Waals surface area contributed by atoms with E-state index in [1.807, 2.05) is 54.6 Å². The number of aromatic nitrogens is 2. The molecule has 0 radical (unpaired) electrons. The summed E-state index contributed by atoms with van der Waals surface area (Å²) in [5, 5.41) is 11.9. The Hall–Kier alpha value is -4.27. The molecule has 0 unspecified atom stereocenters. The van der Waals surface area contributed by atoms with Crippen molar-refractivity contribution in [2.75, 3.05) is 6.61 Å². The van der Waals surface area contributed by atoms with Gasteiger partial charge in [0.05, 0.1) is 12.5 Å². The molecule has 1 amide bonds. The van der Waals surface area contributed by atoms with Crippen LogP contribution in [0.25, 0.3) is 11.1 Å². The molecule has 9 heteroatoms. The van der Waals surface area contributed by atoms with Crippen molar-refractivity contribution in [3.63, 3.8) is 0 Å². The van der Waals surface area contributed by atoms with Crippen LogP contribution in [0.3, 0.4) is 0 Å². The molecular formula is C26H27N3O6. The minimum absolute atomic E-state index is 0.246. The second-order valence-corrected chi connectivity index (χ2v) is 8.12. The summed E-state index contributed by atoms with van der Waals surface area (Å²) in [6, 6.07) is 18.3. The Morgan fingerprint density at radius 3 is 2.34 bits per heavy atom. The molecule has 1 aromatic heterocycles. The van der Waals surface area contributed by atoms with E-state index < -0.39 is 35.2 Å². The van der Waals surface area contributed by atoms with Crippen LogP contribution in [0.15, 0.2) is 65.5 Å². The van der Waals surface area contributed by atoms with Crippen LogP contribution in [-0.4, -0.2) is 45.6 Å². The smallest absolute Gasteiger partial charge is 0.352 e. The van der Waals surface area contributed by atoms with Crippen LogP contribution in [-0.2, 0) is 16.0 Å². The first kappa shape index (κ1) is 25.4. The maximum atomic E-state index is 12.9. The number of carboxylic acid groups (broad SMARTS) is 1. The van der Waals surface area contributed by atoms with Crippen LogP contribution >= 0.6 is 0 Å². The van der Waals surface area contributed by atoms with E-state index in [0.29, 0.717) is 6.42 Å². The third-order valence-electron chi connectivity index (χ3n) is 5.41. The van der Waals surface area contributed by atoms with Crippen molar-refractivity contribution < 1.29 is 24.2 Å². The number of esters is 1.